The molecule has 5 unspecified atom stereocenters. The van der Waals surface area contributed by atoms with E-state index < -0.39 is 29.9 Å². The van der Waals surface area contributed by atoms with Crippen molar-refractivity contribution in [3.8, 4) is 0 Å². The minimum absolute atomic E-state index is 0.0553. The molecule has 0 aromatic heterocycles. The highest BCUT2D eigenvalue weighted by Gasteiger charge is 2.63. The molecule has 0 N–H and O–H groups in total. The predicted octanol–water partition coefficient (Wildman–Crippen LogP) is 1.39. The molecule has 0 aromatic rings. The van der Waals surface area contributed by atoms with E-state index in [-0.39, 0.29) is 49.0 Å². The Bertz CT molecular complexity index is 640. The van der Waals surface area contributed by atoms with Crippen LogP contribution in [0, 0.1) is 23.2 Å². The number of carbonyl (C=O) groups excluding carboxylic acids is 4. The van der Waals surface area contributed by atoms with Crippen molar-refractivity contribution < 1.29 is 38.1 Å². The van der Waals surface area contributed by atoms with Crippen LogP contribution < -0.4 is 0 Å². The molecule has 27 heavy (non-hydrogen) atoms. The van der Waals surface area contributed by atoms with Crippen LogP contribution in [0.15, 0.2) is 0 Å². The van der Waals surface area contributed by atoms with Crippen molar-refractivity contribution in [1.82, 2.24) is 0 Å². The summed E-state index contributed by atoms with van der Waals surface area (Å²) in [5, 5.41) is 0. The molecule has 2 saturated carbocycles. The molecular formula is C19H26O8. The SMILES string of the molecule is CCC(C)(C)C(=O)OCCOC(=O)CC(=O)OC1C2CC3C(=O)OC1C3C2. The molecule has 3 rings (SSSR count). The Hall–Kier alpha value is -2.12. The first-order valence-electron chi connectivity index (χ1n) is 9.45. The Labute approximate surface area is 157 Å². The fourth-order valence-corrected chi connectivity index (χ4v) is 4.06. The van der Waals surface area contributed by atoms with Gasteiger partial charge in [-0.25, -0.2) is 0 Å². The second kappa shape index (κ2) is 7.48. The van der Waals surface area contributed by atoms with Crippen molar-refractivity contribution in [2.75, 3.05) is 13.2 Å². The molecule has 3 fully saturated rings. The summed E-state index contributed by atoms with van der Waals surface area (Å²) in [6, 6.07) is 0. The molecule has 2 bridgehead atoms. The summed E-state index contributed by atoms with van der Waals surface area (Å²) >= 11 is 0. The molecule has 0 amide bonds. The van der Waals surface area contributed by atoms with E-state index in [1.54, 1.807) is 13.8 Å². The normalized spacial score (nSPS) is 30.8. The van der Waals surface area contributed by atoms with E-state index >= 15 is 0 Å². The number of esters is 4. The van der Waals surface area contributed by atoms with Gasteiger partial charge in [-0.2, -0.15) is 0 Å². The molecule has 1 saturated heterocycles. The molecule has 1 heterocycles. The van der Waals surface area contributed by atoms with Crippen LogP contribution >= 0.6 is 0 Å². The second-order valence-corrected chi connectivity index (χ2v) is 8.13. The molecular weight excluding hydrogens is 356 g/mol. The van der Waals surface area contributed by atoms with E-state index in [0.29, 0.717) is 12.8 Å². The van der Waals surface area contributed by atoms with Gasteiger partial charge in [0, 0.05) is 11.8 Å². The van der Waals surface area contributed by atoms with Gasteiger partial charge in [-0.05, 0) is 33.1 Å². The third-order valence-corrected chi connectivity index (χ3v) is 5.99. The first kappa shape index (κ1) is 19.6. The van der Waals surface area contributed by atoms with Gasteiger partial charge in [0.2, 0.25) is 0 Å². The maximum absolute atomic E-state index is 12.0. The minimum atomic E-state index is -0.741. The van der Waals surface area contributed by atoms with Crippen LogP contribution in [0.25, 0.3) is 0 Å². The fraction of sp³-hybridized carbons (Fsp3) is 0.789. The smallest absolute Gasteiger partial charge is 0.317 e. The molecule has 2 aliphatic carbocycles. The van der Waals surface area contributed by atoms with Crippen LogP contribution in [0.1, 0.15) is 46.5 Å². The molecule has 0 spiro atoms. The third-order valence-electron chi connectivity index (χ3n) is 5.99. The van der Waals surface area contributed by atoms with Gasteiger partial charge in [-0.1, -0.05) is 6.92 Å². The van der Waals surface area contributed by atoms with E-state index in [9.17, 15) is 19.2 Å². The zero-order valence-corrected chi connectivity index (χ0v) is 15.9. The van der Waals surface area contributed by atoms with Crippen LogP contribution in [-0.2, 0) is 38.1 Å². The Morgan fingerprint density at radius 2 is 1.81 bits per heavy atom. The summed E-state index contributed by atoms with van der Waals surface area (Å²) in [5.41, 5.74) is -0.586. The van der Waals surface area contributed by atoms with E-state index in [4.69, 9.17) is 18.9 Å². The van der Waals surface area contributed by atoms with Gasteiger partial charge in [0.25, 0.3) is 0 Å². The van der Waals surface area contributed by atoms with Crippen molar-refractivity contribution >= 4 is 23.9 Å². The largest absolute Gasteiger partial charge is 0.462 e. The molecule has 3 aliphatic rings. The number of rotatable bonds is 8. The van der Waals surface area contributed by atoms with Gasteiger partial charge in [0.1, 0.15) is 31.8 Å². The van der Waals surface area contributed by atoms with Crippen molar-refractivity contribution in [1.29, 1.82) is 0 Å². The summed E-state index contributed by atoms with van der Waals surface area (Å²) in [4.78, 5) is 47.2. The lowest BCUT2D eigenvalue weighted by Gasteiger charge is -2.25. The maximum atomic E-state index is 12.0. The summed E-state index contributed by atoms with van der Waals surface area (Å²) in [6.45, 7) is 5.26. The number of hydrogen-bond acceptors (Lipinski definition) is 8. The topological polar surface area (TPSA) is 105 Å². The van der Waals surface area contributed by atoms with Crippen molar-refractivity contribution in [2.24, 2.45) is 23.2 Å². The molecule has 0 radical (unpaired) electrons. The van der Waals surface area contributed by atoms with E-state index in [1.165, 1.54) is 0 Å². The minimum Gasteiger partial charge on any atom is -0.462 e. The first-order valence-corrected chi connectivity index (χ1v) is 9.45. The highest BCUT2D eigenvalue weighted by atomic mass is 16.6. The Morgan fingerprint density at radius 3 is 2.52 bits per heavy atom. The fourth-order valence-electron chi connectivity index (χ4n) is 4.06. The van der Waals surface area contributed by atoms with Crippen LogP contribution in [0.3, 0.4) is 0 Å². The van der Waals surface area contributed by atoms with Crippen LogP contribution in [0.5, 0.6) is 0 Å². The van der Waals surface area contributed by atoms with Crippen molar-refractivity contribution in [2.45, 2.75) is 58.7 Å². The summed E-state index contributed by atoms with van der Waals surface area (Å²) in [5.74, 6) is -1.80. The molecule has 8 nitrogen and oxygen atoms in total. The molecule has 1 aliphatic heterocycles. The summed E-state index contributed by atoms with van der Waals surface area (Å²) in [6.07, 6.45) is 0.784. The summed E-state index contributed by atoms with van der Waals surface area (Å²) < 4.78 is 20.7. The molecule has 5 atom stereocenters. The average Bonchev–Trinajstić information content (AvgIpc) is 3.23. The first-order chi connectivity index (χ1) is 12.7. The van der Waals surface area contributed by atoms with Crippen LogP contribution in [-0.4, -0.2) is 49.3 Å². The number of ether oxygens (including phenoxy) is 4. The zero-order chi connectivity index (χ0) is 19.8. The Balaban J connectivity index is 1.35. The van der Waals surface area contributed by atoms with Gasteiger partial charge in [0.05, 0.1) is 11.3 Å². The average molecular weight is 382 g/mol. The Kier molecular flexibility index (Phi) is 5.44. The van der Waals surface area contributed by atoms with Crippen LogP contribution in [0.2, 0.25) is 0 Å². The van der Waals surface area contributed by atoms with Gasteiger partial charge in [-0.15, -0.1) is 0 Å². The van der Waals surface area contributed by atoms with E-state index in [0.717, 1.165) is 6.42 Å². The monoisotopic (exact) mass is 382 g/mol. The highest BCUT2D eigenvalue weighted by Crippen LogP contribution is 2.55. The molecule has 0 aromatic carbocycles. The zero-order valence-electron chi connectivity index (χ0n) is 15.9. The molecule has 8 heteroatoms. The predicted molar refractivity (Wildman–Crippen MR) is 90.1 cm³/mol. The van der Waals surface area contributed by atoms with Gasteiger partial charge in [-0.3, -0.25) is 19.2 Å². The number of fused-ring (bicyclic) bond motifs is 1. The van der Waals surface area contributed by atoms with E-state index in [2.05, 4.69) is 0 Å². The second-order valence-electron chi connectivity index (χ2n) is 8.13. The van der Waals surface area contributed by atoms with Crippen molar-refractivity contribution in [3.05, 3.63) is 0 Å². The lowest BCUT2D eigenvalue weighted by Crippen LogP contribution is -2.36. The quantitative estimate of drug-likeness (QED) is 0.268. The van der Waals surface area contributed by atoms with E-state index in [1.807, 2.05) is 6.92 Å². The van der Waals surface area contributed by atoms with Gasteiger partial charge < -0.3 is 18.9 Å². The lowest BCUT2D eigenvalue weighted by atomic mass is 9.88. The Morgan fingerprint density at radius 1 is 1.11 bits per heavy atom. The number of hydrogen-bond donors (Lipinski definition) is 0. The standard InChI is InChI=1S/C19H26O8/c1-4-19(2,3)18(23)25-6-5-24-13(20)9-14(21)26-15-10-7-11-12(8-10)17(22)27-16(11)15/h10-12,15-16H,4-9H2,1-3H3. The van der Waals surface area contributed by atoms with Gasteiger partial charge >= 0.3 is 23.9 Å². The number of carbonyl (C=O) groups is 4. The third kappa shape index (κ3) is 3.94. The van der Waals surface area contributed by atoms with Crippen LogP contribution in [0.4, 0.5) is 0 Å². The van der Waals surface area contributed by atoms with Gasteiger partial charge in [0.15, 0.2) is 0 Å². The maximum Gasteiger partial charge on any atom is 0.317 e. The van der Waals surface area contributed by atoms with Crippen molar-refractivity contribution in [3.63, 3.8) is 0 Å². The highest BCUT2D eigenvalue weighted by molar-refractivity contribution is 5.91. The lowest BCUT2D eigenvalue weighted by molar-refractivity contribution is -0.168. The molecule has 150 valence electrons. The summed E-state index contributed by atoms with van der Waals surface area (Å²) in [7, 11) is 0.